The third kappa shape index (κ3) is 2.40. The number of halogens is 1. The highest BCUT2D eigenvalue weighted by molar-refractivity contribution is 6.20. The first-order valence-corrected chi connectivity index (χ1v) is 6.39. The van der Waals surface area contributed by atoms with Crippen LogP contribution in [-0.2, 0) is 0 Å². The van der Waals surface area contributed by atoms with Crippen molar-refractivity contribution in [2.45, 2.75) is 69.6 Å². The van der Waals surface area contributed by atoms with E-state index in [4.69, 9.17) is 11.6 Å². The lowest BCUT2D eigenvalue weighted by Crippen LogP contribution is -2.23. The third-order valence-corrected chi connectivity index (χ3v) is 4.56. The fourth-order valence-electron chi connectivity index (χ4n) is 3.23. The summed E-state index contributed by atoms with van der Waals surface area (Å²) < 4.78 is 0. The van der Waals surface area contributed by atoms with Crippen LogP contribution >= 0.6 is 11.6 Å². The fraction of sp³-hybridized carbons (Fsp3) is 1.00. The summed E-state index contributed by atoms with van der Waals surface area (Å²) >= 11 is 6.22. The van der Waals surface area contributed by atoms with E-state index in [1.165, 1.54) is 64.2 Å². The minimum atomic E-state index is 0.487. The lowest BCUT2D eigenvalue weighted by Gasteiger charge is -2.36. The summed E-state index contributed by atoms with van der Waals surface area (Å²) in [5.74, 6) is 0. The first-order chi connectivity index (χ1) is 6.31. The average Bonchev–Trinajstić information content (AvgIpc) is 2.32. The molecule has 2 aliphatic carbocycles. The summed E-state index contributed by atoms with van der Waals surface area (Å²) in [5.41, 5.74) is 0.738. The van der Waals surface area contributed by atoms with Crippen molar-refractivity contribution in [1.82, 2.24) is 0 Å². The lowest BCUT2D eigenvalue weighted by molar-refractivity contribution is 0.161. The lowest BCUT2D eigenvalue weighted by atomic mass is 9.69. The van der Waals surface area contributed by atoms with Gasteiger partial charge in [0.15, 0.2) is 0 Å². The van der Waals surface area contributed by atoms with Gasteiger partial charge in [-0.15, -0.1) is 11.6 Å². The number of rotatable bonds is 0. The second-order valence-electron chi connectivity index (χ2n) is 5.09. The Labute approximate surface area is 87.0 Å². The molecule has 1 spiro atoms. The number of hydrogen-bond acceptors (Lipinski definition) is 0. The molecule has 0 nitrogen and oxygen atoms in total. The van der Waals surface area contributed by atoms with Gasteiger partial charge >= 0.3 is 0 Å². The summed E-state index contributed by atoms with van der Waals surface area (Å²) in [5, 5.41) is 0.487. The van der Waals surface area contributed by atoms with Crippen LogP contribution in [0.1, 0.15) is 64.2 Å². The van der Waals surface area contributed by atoms with E-state index >= 15 is 0 Å². The van der Waals surface area contributed by atoms with E-state index in [0.717, 1.165) is 5.41 Å². The van der Waals surface area contributed by atoms with Crippen LogP contribution in [0, 0.1) is 5.41 Å². The zero-order chi connectivity index (χ0) is 9.15. The summed E-state index contributed by atoms with van der Waals surface area (Å²) in [4.78, 5) is 0. The molecule has 0 radical (unpaired) electrons. The molecule has 0 amide bonds. The van der Waals surface area contributed by atoms with E-state index in [9.17, 15) is 0 Å². The summed E-state index contributed by atoms with van der Waals surface area (Å²) in [6.45, 7) is 0. The van der Waals surface area contributed by atoms with Crippen LogP contribution in [0.15, 0.2) is 0 Å². The molecule has 0 heterocycles. The zero-order valence-electron chi connectivity index (χ0n) is 8.53. The second kappa shape index (κ2) is 4.21. The van der Waals surface area contributed by atoms with Gasteiger partial charge in [-0.1, -0.05) is 25.7 Å². The van der Waals surface area contributed by atoms with Crippen molar-refractivity contribution >= 4 is 11.6 Å². The third-order valence-electron chi connectivity index (χ3n) is 4.13. The standard InChI is InChI=1S/C12H21Cl/c13-11-5-4-9-12(10-6-11)7-2-1-3-8-12/h11H,1-10H2. The smallest absolute Gasteiger partial charge is 0.0336 e. The normalized spacial score (nSPS) is 34.4. The maximum atomic E-state index is 6.22. The Kier molecular flexibility index (Phi) is 3.18. The van der Waals surface area contributed by atoms with E-state index < -0.39 is 0 Å². The second-order valence-corrected chi connectivity index (χ2v) is 5.71. The van der Waals surface area contributed by atoms with Crippen LogP contribution < -0.4 is 0 Å². The maximum Gasteiger partial charge on any atom is 0.0336 e. The Morgan fingerprint density at radius 3 is 2.23 bits per heavy atom. The maximum absolute atomic E-state index is 6.22. The molecule has 1 atom stereocenters. The molecule has 2 fully saturated rings. The Morgan fingerprint density at radius 1 is 0.769 bits per heavy atom. The van der Waals surface area contributed by atoms with Crippen LogP contribution in [0.5, 0.6) is 0 Å². The minimum absolute atomic E-state index is 0.487. The van der Waals surface area contributed by atoms with Gasteiger partial charge in [0.05, 0.1) is 0 Å². The fourth-order valence-corrected chi connectivity index (χ4v) is 3.50. The molecule has 0 aromatic rings. The van der Waals surface area contributed by atoms with Crippen LogP contribution in [0.3, 0.4) is 0 Å². The monoisotopic (exact) mass is 200 g/mol. The largest absolute Gasteiger partial charge is 0.123 e. The first-order valence-electron chi connectivity index (χ1n) is 5.95. The van der Waals surface area contributed by atoms with Crippen molar-refractivity contribution in [1.29, 1.82) is 0 Å². The van der Waals surface area contributed by atoms with Crippen molar-refractivity contribution in [2.24, 2.45) is 5.41 Å². The van der Waals surface area contributed by atoms with Gasteiger partial charge in [0.2, 0.25) is 0 Å². The first kappa shape index (κ1) is 9.83. The molecule has 0 bridgehead atoms. The molecule has 2 saturated carbocycles. The number of hydrogen-bond donors (Lipinski definition) is 0. The van der Waals surface area contributed by atoms with E-state index in [2.05, 4.69) is 0 Å². The molecular weight excluding hydrogens is 180 g/mol. The molecule has 1 unspecified atom stereocenters. The van der Waals surface area contributed by atoms with Crippen LogP contribution in [0.2, 0.25) is 0 Å². The quantitative estimate of drug-likeness (QED) is 0.505. The highest BCUT2D eigenvalue weighted by atomic mass is 35.5. The van der Waals surface area contributed by atoms with Gasteiger partial charge in [0, 0.05) is 5.38 Å². The Bertz CT molecular complexity index is 159. The van der Waals surface area contributed by atoms with E-state index in [-0.39, 0.29) is 0 Å². The molecule has 0 saturated heterocycles. The highest BCUT2D eigenvalue weighted by Crippen LogP contribution is 2.46. The Balaban J connectivity index is 1.95. The summed E-state index contributed by atoms with van der Waals surface area (Å²) in [6, 6.07) is 0. The van der Waals surface area contributed by atoms with Crippen molar-refractivity contribution in [2.75, 3.05) is 0 Å². The molecule has 0 N–H and O–H groups in total. The Morgan fingerprint density at radius 2 is 1.46 bits per heavy atom. The molecule has 0 aromatic carbocycles. The molecule has 13 heavy (non-hydrogen) atoms. The van der Waals surface area contributed by atoms with Gasteiger partial charge in [-0.25, -0.2) is 0 Å². The van der Waals surface area contributed by atoms with Gasteiger partial charge in [-0.3, -0.25) is 0 Å². The highest BCUT2D eigenvalue weighted by Gasteiger charge is 2.33. The van der Waals surface area contributed by atoms with Crippen LogP contribution in [0.25, 0.3) is 0 Å². The van der Waals surface area contributed by atoms with Crippen molar-refractivity contribution in [3.05, 3.63) is 0 Å². The predicted octanol–water partition coefficient (Wildman–Crippen LogP) is 4.51. The minimum Gasteiger partial charge on any atom is -0.123 e. The van der Waals surface area contributed by atoms with Gasteiger partial charge < -0.3 is 0 Å². The number of alkyl halides is 1. The summed E-state index contributed by atoms with van der Waals surface area (Å²) in [6.07, 6.45) is 14.2. The molecule has 2 aliphatic rings. The van der Waals surface area contributed by atoms with Crippen LogP contribution in [0.4, 0.5) is 0 Å². The van der Waals surface area contributed by atoms with Gasteiger partial charge in [0.25, 0.3) is 0 Å². The average molecular weight is 201 g/mol. The predicted molar refractivity (Wildman–Crippen MR) is 58.2 cm³/mol. The van der Waals surface area contributed by atoms with Gasteiger partial charge in [-0.2, -0.15) is 0 Å². The molecule has 76 valence electrons. The molecule has 0 aromatic heterocycles. The molecular formula is C12H21Cl. The van der Waals surface area contributed by atoms with Gasteiger partial charge in [-0.05, 0) is 43.9 Å². The van der Waals surface area contributed by atoms with Crippen molar-refractivity contribution < 1.29 is 0 Å². The van der Waals surface area contributed by atoms with Crippen molar-refractivity contribution in [3.8, 4) is 0 Å². The van der Waals surface area contributed by atoms with Crippen molar-refractivity contribution in [3.63, 3.8) is 0 Å². The van der Waals surface area contributed by atoms with E-state index in [0.29, 0.717) is 5.38 Å². The van der Waals surface area contributed by atoms with E-state index in [1.54, 1.807) is 0 Å². The zero-order valence-corrected chi connectivity index (χ0v) is 9.28. The summed E-state index contributed by atoms with van der Waals surface area (Å²) in [7, 11) is 0. The topological polar surface area (TPSA) is 0 Å². The SMILES string of the molecule is ClC1CCCC2(CCCCC2)CC1. The molecule has 2 rings (SSSR count). The van der Waals surface area contributed by atoms with Crippen LogP contribution in [-0.4, -0.2) is 5.38 Å². The Hall–Kier alpha value is 0.290. The van der Waals surface area contributed by atoms with E-state index in [1.807, 2.05) is 0 Å². The van der Waals surface area contributed by atoms with Gasteiger partial charge in [0.1, 0.15) is 0 Å². The molecule has 1 heteroatoms. The molecule has 0 aliphatic heterocycles.